The lowest BCUT2D eigenvalue weighted by Crippen LogP contribution is -2.63. The van der Waals surface area contributed by atoms with E-state index in [1.165, 1.54) is 0 Å². The fraction of sp³-hybridized carbons (Fsp3) is 0.625. The molecule has 0 aliphatic carbocycles. The quantitative estimate of drug-likeness (QED) is 0.381. The maximum atomic E-state index is 11.3. The van der Waals surface area contributed by atoms with Crippen LogP contribution in [0, 0.1) is 5.41 Å². The van der Waals surface area contributed by atoms with Crippen LogP contribution in [0.1, 0.15) is 20.8 Å². The van der Waals surface area contributed by atoms with Crippen molar-refractivity contribution in [2.24, 2.45) is 5.41 Å². The second-order valence-corrected chi connectivity index (χ2v) is 4.09. The highest BCUT2D eigenvalue weighted by molar-refractivity contribution is 6.40. The van der Waals surface area contributed by atoms with Crippen LogP contribution in [0.15, 0.2) is 0 Å². The Morgan fingerprint density at radius 1 is 1.08 bits per heavy atom. The van der Waals surface area contributed by atoms with E-state index in [0.29, 0.717) is 0 Å². The standard InChI is InChI=1S/C8H12N2O3/c1-8(2,3)4-5(11)10-7(13)6(12)9-4/h4H,1-3H3,(H,9,12)(H,10,11,13). The third-order valence-corrected chi connectivity index (χ3v) is 1.85. The maximum absolute atomic E-state index is 11.3. The van der Waals surface area contributed by atoms with Gasteiger partial charge in [0.25, 0.3) is 0 Å². The number of amides is 3. The first-order chi connectivity index (χ1) is 5.82. The highest BCUT2D eigenvalue weighted by atomic mass is 16.2. The van der Waals surface area contributed by atoms with Crippen molar-refractivity contribution in [3.63, 3.8) is 0 Å². The second kappa shape index (κ2) is 2.83. The number of nitrogens with one attached hydrogen (secondary N) is 2. The van der Waals surface area contributed by atoms with Crippen LogP contribution in [-0.2, 0) is 14.4 Å². The summed E-state index contributed by atoms with van der Waals surface area (Å²) in [6.07, 6.45) is 0. The molecule has 1 saturated heterocycles. The van der Waals surface area contributed by atoms with Crippen molar-refractivity contribution in [3.05, 3.63) is 0 Å². The summed E-state index contributed by atoms with van der Waals surface area (Å²) in [6.45, 7) is 5.44. The van der Waals surface area contributed by atoms with Crippen molar-refractivity contribution in [1.29, 1.82) is 0 Å². The topological polar surface area (TPSA) is 75.3 Å². The molecule has 1 aliphatic rings. The van der Waals surface area contributed by atoms with Gasteiger partial charge in [0.1, 0.15) is 6.04 Å². The Morgan fingerprint density at radius 3 is 2.08 bits per heavy atom. The fourth-order valence-corrected chi connectivity index (χ4v) is 1.11. The first-order valence-electron chi connectivity index (χ1n) is 3.98. The minimum absolute atomic E-state index is 0.388. The number of carbonyl (C=O) groups excluding carboxylic acids is 3. The van der Waals surface area contributed by atoms with E-state index in [4.69, 9.17) is 0 Å². The smallest absolute Gasteiger partial charge is 0.315 e. The summed E-state index contributed by atoms with van der Waals surface area (Å²) in [6, 6.07) is -0.641. The van der Waals surface area contributed by atoms with Crippen LogP contribution in [0.2, 0.25) is 0 Å². The highest BCUT2D eigenvalue weighted by Gasteiger charge is 2.39. The lowest BCUT2D eigenvalue weighted by molar-refractivity contribution is -0.148. The molecule has 3 amide bonds. The normalized spacial score (nSPS) is 23.9. The molecule has 1 atom stereocenters. The Hall–Kier alpha value is -1.39. The van der Waals surface area contributed by atoms with Gasteiger partial charge in [0.2, 0.25) is 5.91 Å². The summed E-state index contributed by atoms with van der Waals surface area (Å²) in [5, 5.41) is 4.35. The zero-order chi connectivity index (χ0) is 10.2. The molecular weight excluding hydrogens is 172 g/mol. The molecule has 0 aromatic carbocycles. The van der Waals surface area contributed by atoms with Crippen molar-refractivity contribution in [2.45, 2.75) is 26.8 Å². The Morgan fingerprint density at radius 2 is 1.62 bits per heavy atom. The van der Waals surface area contributed by atoms with Gasteiger partial charge in [-0.3, -0.25) is 19.7 Å². The molecule has 1 heterocycles. The van der Waals surface area contributed by atoms with Gasteiger partial charge in [-0.05, 0) is 5.41 Å². The average molecular weight is 184 g/mol. The summed E-state index contributed by atoms with van der Waals surface area (Å²) >= 11 is 0. The Balaban J connectivity index is 2.85. The first kappa shape index (κ1) is 9.70. The average Bonchev–Trinajstić information content (AvgIpc) is 1.94. The molecule has 72 valence electrons. The molecule has 5 heteroatoms. The summed E-state index contributed by atoms with van der Waals surface area (Å²) < 4.78 is 0. The number of imide groups is 1. The number of piperazine rings is 1. The maximum Gasteiger partial charge on any atom is 0.315 e. The zero-order valence-corrected chi connectivity index (χ0v) is 7.80. The number of carbonyl (C=O) groups is 3. The summed E-state index contributed by atoms with van der Waals surface area (Å²) in [4.78, 5) is 32.9. The zero-order valence-electron chi connectivity index (χ0n) is 7.80. The van der Waals surface area contributed by atoms with Gasteiger partial charge in [-0.1, -0.05) is 20.8 Å². The van der Waals surface area contributed by atoms with Gasteiger partial charge in [0.15, 0.2) is 0 Å². The molecule has 1 rings (SSSR count). The van der Waals surface area contributed by atoms with Crippen molar-refractivity contribution in [1.82, 2.24) is 10.6 Å². The van der Waals surface area contributed by atoms with Crippen LogP contribution >= 0.6 is 0 Å². The van der Waals surface area contributed by atoms with E-state index in [1.54, 1.807) is 0 Å². The fourth-order valence-electron chi connectivity index (χ4n) is 1.11. The lowest BCUT2D eigenvalue weighted by atomic mass is 9.85. The van der Waals surface area contributed by atoms with Gasteiger partial charge >= 0.3 is 11.8 Å². The molecule has 0 aromatic heterocycles. The molecule has 1 unspecified atom stereocenters. The molecule has 0 spiro atoms. The Kier molecular flexibility index (Phi) is 2.11. The molecule has 5 nitrogen and oxygen atoms in total. The molecule has 13 heavy (non-hydrogen) atoms. The summed E-state index contributed by atoms with van der Waals surface area (Å²) in [7, 11) is 0. The predicted molar refractivity (Wildman–Crippen MR) is 44.5 cm³/mol. The lowest BCUT2D eigenvalue weighted by Gasteiger charge is -2.32. The van der Waals surface area contributed by atoms with Crippen LogP contribution in [-0.4, -0.2) is 23.8 Å². The minimum atomic E-state index is -0.884. The molecule has 0 saturated carbocycles. The molecule has 0 bridgehead atoms. The SMILES string of the molecule is CC(C)(C)C1NC(=O)C(=O)NC1=O. The van der Waals surface area contributed by atoms with Crippen molar-refractivity contribution < 1.29 is 14.4 Å². The van der Waals surface area contributed by atoms with Gasteiger partial charge < -0.3 is 5.32 Å². The van der Waals surface area contributed by atoms with Crippen LogP contribution in [0.25, 0.3) is 0 Å². The van der Waals surface area contributed by atoms with E-state index in [2.05, 4.69) is 5.32 Å². The number of hydrogen-bond donors (Lipinski definition) is 2. The molecular formula is C8H12N2O3. The van der Waals surface area contributed by atoms with Gasteiger partial charge in [0, 0.05) is 0 Å². The molecule has 0 radical (unpaired) electrons. The number of rotatable bonds is 0. The van der Waals surface area contributed by atoms with Gasteiger partial charge in [-0.2, -0.15) is 0 Å². The molecule has 0 aromatic rings. The van der Waals surface area contributed by atoms with E-state index in [-0.39, 0.29) is 5.41 Å². The summed E-state index contributed by atoms with van der Waals surface area (Å²) in [5.41, 5.74) is -0.388. The minimum Gasteiger partial charge on any atom is -0.335 e. The van der Waals surface area contributed by atoms with Crippen LogP contribution in [0.3, 0.4) is 0 Å². The highest BCUT2D eigenvalue weighted by Crippen LogP contribution is 2.20. The van der Waals surface area contributed by atoms with E-state index in [9.17, 15) is 14.4 Å². The molecule has 1 fully saturated rings. The van der Waals surface area contributed by atoms with Crippen LogP contribution in [0.5, 0.6) is 0 Å². The van der Waals surface area contributed by atoms with E-state index in [1.807, 2.05) is 26.1 Å². The van der Waals surface area contributed by atoms with E-state index in [0.717, 1.165) is 0 Å². The summed E-state index contributed by atoms with van der Waals surface area (Å²) in [5.74, 6) is -2.08. The monoisotopic (exact) mass is 184 g/mol. The van der Waals surface area contributed by atoms with Crippen molar-refractivity contribution >= 4 is 17.7 Å². The van der Waals surface area contributed by atoms with Gasteiger partial charge in [-0.15, -0.1) is 0 Å². The largest absolute Gasteiger partial charge is 0.335 e. The molecule has 1 aliphatic heterocycles. The van der Waals surface area contributed by atoms with Gasteiger partial charge in [-0.25, -0.2) is 0 Å². The van der Waals surface area contributed by atoms with Crippen LogP contribution in [0.4, 0.5) is 0 Å². The Bertz CT molecular complexity index is 278. The van der Waals surface area contributed by atoms with E-state index < -0.39 is 23.8 Å². The van der Waals surface area contributed by atoms with E-state index >= 15 is 0 Å². The molecule has 2 N–H and O–H groups in total. The second-order valence-electron chi connectivity index (χ2n) is 4.09. The van der Waals surface area contributed by atoms with Crippen molar-refractivity contribution in [3.8, 4) is 0 Å². The first-order valence-corrected chi connectivity index (χ1v) is 3.98. The van der Waals surface area contributed by atoms with Gasteiger partial charge in [0.05, 0.1) is 0 Å². The van der Waals surface area contributed by atoms with Crippen LogP contribution < -0.4 is 10.6 Å². The third kappa shape index (κ3) is 1.85. The Labute approximate surface area is 75.9 Å². The third-order valence-electron chi connectivity index (χ3n) is 1.85. The van der Waals surface area contributed by atoms with Crippen molar-refractivity contribution in [2.75, 3.05) is 0 Å². The number of hydrogen-bond acceptors (Lipinski definition) is 3. The predicted octanol–water partition coefficient (Wildman–Crippen LogP) is -0.826.